The molecule has 0 fully saturated rings. The summed E-state index contributed by atoms with van der Waals surface area (Å²) in [7, 11) is 0. The van der Waals surface area contributed by atoms with Gasteiger partial charge in [0, 0.05) is 17.7 Å². The third-order valence-electron chi connectivity index (χ3n) is 3.72. The van der Waals surface area contributed by atoms with Crippen LogP contribution in [0, 0.1) is 24.0 Å². The zero-order valence-electron chi connectivity index (χ0n) is 12.3. The molecule has 0 atom stereocenters. The summed E-state index contributed by atoms with van der Waals surface area (Å²) in [5, 5.41) is 11.0. The van der Waals surface area contributed by atoms with Crippen LogP contribution < -0.4 is 0 Å². The molecule has 4 rings (SSSR count). The molecule has 0 saturated heterocycles. The molecule has 0 aliphatic carbocycles. The number of hydrogen-bond acceptors (Lipinski definition) is 6. The Kier molecular flexibility index (Phi) is 2.88. The van der Waals surface area contributed by atoms with Gasteiger partial charge in [0.25, 0.3) is 5.69 Å². The first kappa shape index (κ1) is 13.8. The maximum Gasteiger partial charge on any atom is 0.270 e. The molecule has 1 aromatic carbocycles. The van der Waals surface area contributed by atoms with Gasteiger partial charge in [-0.05, 0) is 13.8 Å². The van der Waals surface area contributed by atoms with Crippen LogP contribution in [0.15, 0.2) is 29.8 Å². The van der Waals surface area contributed by atoms with Crippen LogP contribution in [0.4, 0.5) is 5.69 Å². The van der Waals surface area contributed by atoms with Gasteiger partial charge in [0.2, 0.25) is 0 Å². The lowest BCUT2D eigenvalue weighted by molar-refractivity contribution is -0.384. The molecule has 0 aliphatic heterocycles. The van der Waals surface area contributed by atoms with Crippen LogP contribution in [0.1, 0.15) is 11.4 Å². The van der Waals surface area contributed by atoms with Gasteiger partial charge in [-0.1, -0.05) is 12.1 Å². The normalized spacial score (nSPS) is 11.4. The fourth-order valence-corrected chi connectivity index (χ4v) is 3.47. The second kappa shape index (κ2) is 4.82. The lowest BCUT2D eigenvalue weighted by atomic mass is 10.2. The van der Waals surface area contributed by atoms with E-state index in [1.54, 1.807) is 11.6 Å². The van der Waals surface area contributed by atoms with Gasteiger partial charge in [0.1, 0.15) is 5.82 Å². The highest BCUT2D eigenvalue weighted by Crippen LogP contribution is 2.30. The number of hydrogen-bond donors (Lipinski definition) is 0. The molecule has 0 unspecified atom stereocenters. The van der Waals surface area contributed by atoms with Crippen molar-refractivity contribution in [2.24, 2.45) is 0 Å². The minimum atomic E-state index is -0.405. The summed E-state index contributed by atoms with van der Waals surface area (Å²) in [5.41, 5.74) is 5.76. The minimum Gasteiger partial charge on any atom is -0.272 e. The van der Waals surface area contributed by atoms with Crippen LogP contribution in [0.5, 0.6) is 0 Å². The summed E-state index contributed by atoms with van der Waals surface area (Å²) < 4.78 is 1.93. The van der Waals surface area contributed by atoms with Crippen molar-refractivity contribution in [2.45, 2.75) is 13.8 Å². The number of benzene rings is 1. The van der Waals surface area contributed by atoms with E-state index in [-0.39, 0.29) is 5.69 Å². The Morgan fingerprint density at radius 3 is 2.78 bits per heavy atom. The number of imidazole rings is 1. The predicted octanol–water partition coefficient (Wildman–Crippen LogP) is 3.53. The summed E-state index contributed by atoms with van der Waals surface area (Å²) in [4.78, 5) is 25.0. The summed E-state index contributed by atoms with van der Waals surface area (Å²) in [6.07, 6.45) is 0. The summed E-state index contributed by atoms with van der Waals surface area (Å²) in [5.74, 6) is 0.641. The lowest BCUT2D eigenvalue weighted by Crippen LogP contribution is -1.97. The summed E-state index contributed by atoms with van der Waals surface area (Å²) in [6.45, 7) is 3.84. The Balaban J connectivity index is 2.12. The van der Waals surface area contributed by atoms with Crippen molar-refractivity contribution >= 4 is 33.0 Å². The van der Waals surface area contributed by atoms with E-state index in [1.165, 1.54) is 23.5 Å². The van der Waals surface area contributed by atoms with Crippen molar-refractivity contribution in [3.8, 4) is 11.4 Å². The van der Waals surface area contributed by atoms with Gasteiger partial charge in [-0.3, -0.25) is 14.5 Å². The molecule has 3 aromatic heterocycles. The van der Waals surface area contributed by atoms with Crippen molar-refractivity contribution in [2.75, 3.05) is 0 Å². The number of non-ortho nitro benzene ring substituents is 1. The van der Waals surface area contributed by atoms with Gasteiger partial charge in [-0.25, -0.2) is 15.0 Å². The second-order valence-corrected chi connectivity index (χ2v) is 6.02. The van der Waals surface area contributed by atoms with Crippen LogP contribution in [0.3, 0.4) is 0 Å². The number of rotatable bonds is 2. The van der Waals surface area contributed by atoms with Gasteiger partial charge in [-0.15, -0.1) is 11.3 Å². The Bertz CT molecular complexity index is 1080. The SMILES string of the molecule is Cc1nc(-c2cccc([N+](=O)[O-])c2)n2c1c(C)nc1scnc12. The fourth-order valence-electron chi connectivity index (χ4n) is 2.78. The Morgan fingerprint density at radius 2 is 2.00 bits per heavy atom. The summed E-state index contributed by atoms with van der Waals surface area (Å²) in [6, 6.07) is 6.48. The molecule has 0 radical (unpaired) electrons. The highest BCUT2D eigenvalue weighted by Gasteiger charge is 2.18. The molecule has 23 heavy (non-hydrogen) atoms. The molecule has 0 amide bonds. The van der Waals surface area contributed by atoms with Gasteiger partial charge >= 0.3 is 0 Å². The Hall–Kier alpha value is -2.87. The number of fused-ring (bicyclic) bond motifs is 3. The summed E-state index contributed by atoms with van der Waals surface area (Å²) >= 11 is 1.46. The molecule has 0 saturated carbocycles. The number of thiazole rings is 1. The second-order valence-electron chi connectivity index (χ2n) is 5.19. The van der Waals surface area contributed by atoms with Gasteiger partial charge in [0.15, 0.2) is 10.5 Å². The molecular weight excluding hydrogens is 314 g/mol. The quantitative estimate of drug-likeness (QED) is 0.415. The zero-order valence-corrected chi connectivity index (χ0v) is 13.2. The fraction of sp³-hybridized carbons (Fsp3) is 0.133. The topological polar surface area (TPSA) is 86.2 Å². The van der Waals surface area contributed by atoms with E-state index in [2.05, 4.69) is 15.0 Å². The highest BCUT2D eigenvalue weighted by molar-refractivity contribution is 7.16. The monoisotopic (exact) mass is 325 g/mol. The smallest absolute Gasteiger partial charge is 0.270 e. The van der Waals surface area contributed by atoms with E-state index in [4.69, 9.17) is 0 Å². The first-order chi connectivity index (χ1) is 11.1. The molecule has 0 N–H and O–H groups in total. The van der Waals surface area contributed by atoms with Gasteiger partial charge < -0.3 is 0 Å². The lowest BCUT2D eigenvalue weighted by Gasteiger charge is -2.04. The maximum atomic E-state index is 11.0. The van der Waals surface area contributed by atoms with Crippen molar-refractivity contribution in [1.29, 1.82) is 0 Å². The van der Waals surface area contributed by atoms with E-state index in [1.807, 2.05) is 24.3 Å². The minimum absolute atomic E-state index is 0.0391. The zero-order chi connectivity index (χ0) is 16.1. The molecule has 0 bridgehead atoms. The standard InChI is InChI=1S/C15H11N5O2S/c1-8-12-9(2)18-15-14(16-7-23-15)19(12)13(17-8)10-4-3-5-11(6-10)20(21)22/h3-7H,1-2H3. The van der Waals surface area contributed by atoms with E-state index in [0.29, 0.717) is 11.4 Å². The largest absolute Gasteiger partial charge is 0.272 e. The van der Waals surface area contributed by atoms with E-state index in [0.717, 1.165) is 27.4 Å². The Morgan fingerprint density at radius 1 is 1.22 bits per heavy atom. The predicted molar refractivity (Wildman–Crippen MR) is 87.7 cm³/mol. The average Bonchev–Trinajstić information content (AvgIpc) is 3.12. The molecule has 114 valence electrons. The van der Waals surface area contributed by atoms with Gasteiger partial charge in [-0.2, -0.15) is 0 Å². The van der Waals surface area contributed by atoms with E-state index in [9.17, 15) is 10.1 Å². The highest BCUT2D eigenvalue weighted by atomic mass is 32.1. The molecule has 3 heterocycles. The molecule has 0 aliphatic rings. The number of nitro groups is 1. The van der Waals surface area contributed by atoms with Crippen LogP contribution in [-0.2, 0) is 0 Å². The number of aromatic nitrogens is 4. The maximum absolute atomic E-state index is 11.0. The van der Waals surface area contributed by atoms with Crippen LogP contribution in [0.25, 0.3) is 27.4 Å². The molecule has 0 spiro atoms. The van der Waals surface area contributed by atoms with Crippen LogP contribution in [-0.4, -0.2) is 24.3 Å². The third-order valence-corrected chi connectivity index (χ3v) is 4.43. The van der Waals surface area contributed by atoms with Crippen LogP contribution in [0.2, 0.25) is 0 Å². The molecular formula is C15H11N5O2S. The van der Waals surface area contributed by atoms with E-state index >= 15 is 0 Å². The van der Waals surface area contributed by atoms with Crippen molar-refractivity contribution in [3.05, 3.63) is 51.3 Å². The van der Waals surface area contributed by atoms with Crippen molar-refractivity contribution in [1.82, 2.24) is 19.4 Å². The number of nitro benzene ring substituents is 1. The van der Waals surface area contributed by atoms with Crippen molar-refractivity contribution in [3.63, 3.8) is 0 Å². The number of aryl methyl sites for hydroxylation is 2. The first-order valence-electron chi connectivity index (χ1n) is 6.90. The molecule has 4 aromatic rings. The average molecular weight is 325 g/mol. The van der Waals surface area contributed by atoms with E-state index < -0.39 is 4.92 Å². The van der Waals surface area contributed by atoms with Crippen LogP contribution >= 0.6 is 11.3 Å². The molecule has 7 nitrogen and oxygen atoms in total. The van der Waals surface area contributed by atoms with Gasteiger partial charge in [0.05, 0.1) is 27.3 Å². The number of nitrogens with zero attached hydrogens (tertiary/aromatic N) is 5. The first-order valence-corrected chi connectivity index (χ1v) is 7.78. The van der Waals surface area contributed by atoms with Crippen molar-refractivity contribution < 1.29 is 4.92 Å². The molecule has 8 heteroatoms. The Labute approximate surface area is 134 Å². The third kappa shape index (κ3) is 1.99.